The Balaban J connectivity index is 0.00000225. The van der Waals surface area contributed by atoms with Crippen LogP contribution in [0.3, 0.4) is 0 Å². The van der Waals surface area contributed by atoms with E-state index < -0.39 is 12.7 Å². The Hall–Kier alpha value is -0.910. The minimum atomic E-state index is -2.87. The zero-order chi connectivity index (χ0) is 11.3. The topological polar surface area (TPSA) is 55.5 Å². The van der Waals surface area contributed by atoms with Gasteiger partial charge in [0.15, 0.2) is 0 Å². The van der Waals surface area contributed by atoms with Crippen LogP contribution in [-0.2, 0) is 0 Å². The first-order valence-electron chi connectivity index (χ1n) is 4.55. The van der Waals surface area contributed by atoms with E-state index >= 15 is 0 Å². The van der Waals surface area contributed by atoms with Crippen LogP contribution >= 0.6 is 12.4 Å². The molecule has 0 aromatic heterocycles. The minimum absolute atomic E-state index is 0. The van der Waals surface area contributed by atoms with Gasteiger partial charge < -0.3 is 15.6 Å². The summed E-state index contributed by atoms with van der Waals surface area (Å²) in [6, 6.07) is 5.82. The first kappa shape index (κ1) is 15.1. The van der Waals surface area contributed by atoms with Gasteiger partial charge in [0.25, 0.3) is 0 Å². The van der Waals surface area contributed by atoms with E-state index in [1.165, 1.54) is 6.07 Å². The number of rotatable bonds is 5. The maximum atomic E-state index is 12.0. The molecular formula is C10H14ClF2NO2. The standard InChI is InChI=1S/C10H13F2NO2.ClH/c11-10(12)15-9-4-2-1-3-7(9)8(13)5-6-14;/h1-4,8,10,14H,5-6,13H2;1H/t8-;/m0./s1. The van der Waals surface area contributed by atoms with E-state index in [0.717, 1.165) is 0 Å². The van der Waals surface area contributed by atoms with Crippen molar-refractivity contribution in [1.29, 1.82) is 0 Å². The lowest BCUT2D eigenvalue weighted by atomic mass is 10.0. The monoisotopic (exact) mass is 253 g/mol. The molecular weight excluding hydrogens is 240 g/mol. The summed E-state index contributed by atoms with van der Waals surface area (Å²) in [6.07, 6.45) is 0.309. The van der Waals surface area contributed by atoms with Crippen LogP contribution in [-0.4, -0.2) is 18.3 Å². The van der Waals surface area contributed by atoms with Gasteiger partial charge >= 0.3 is 6.61 Å². The molecule has 0 radical (unpaired) electrons. The van der Waals surface area contributed by atoms with Crippen molar-refractivity contribution in [3.05, 3.63) is 29.8 Å². The van der Waals surface area contributed by atoms with E-state index in [-0.39, 0.29) is 24.8 Å². The van der Waals surface area contributed by atoms with Crippen LogP contribution in [0.5, 0.6) is 5.75 Å². The molecule has 0 saturated carbocycles. The largest absolute Gasteiger partial charge is 0.434 e. The van der Waals surface area contributed by atoms with Gasteiger partial charge in [0.1, 0.15) is 5.75 Å². The number of hydrogen-bond donors (Lipinski definition) is 2. The van der Waals surface area contributed by atoms with Crippen molar-refractivity contribution in [3.8, 4) is 5.75 Å². The van der Waals surface area contributed by atoms with E-state index in [2.05, 4.69) is 4.74 Å². The van der Waals surface area contributed by atoms with E-state index in [9.17, 15) is 8.78 Å². The first-order valence-corrected chi connectivity index (χ1v) is 4.55. The van der Waals surface area contributed by atoms with Crippen molar-refractivity contribution >= 4 is 12.4 Å². The number of hydrogen-bond acceptors (Lipinski definition) is 3. The van der Waals surface area contributed by atoms with Gasteiger partial charge in [-0.25, -0.2) is 0 Å². The summed E-state index contributed by atoms with van der Waals surface area (Å²) in [5.74, 6) is 0.0634. The average molecular weight is 254 g/mol. The lowest BCUT2D eigenvalue weighted by molar-refractivity contribution is -0.0506. The quantitative estimate of drug-likeness (QED) is 0.845. The number of ether oxygens (including phenoxy) is 1. The number of para-hydroxylation sites is 1. The fraction of sp³-hybridized carbons (Fsp3) is 0.400. The van der Waals surface area contributed by atoms with Crippen molar-refractivity contribution in [2.24, 2.45) is 5.73 Å². The summed E-state index contributed by atoms with van der Waals surface area (Å²) >= 11 is 0. The highest BCUT2D eigenvalue weighted by Gasteiger charge is 2.13. The lowest BCUT2D eigenvalue weighted by Gasteiger charge is -2.15. The Kier molecular flexibility index (Phi) is 6.96. The molecule has 0 fully saturated rings. The fourth-order valence-electron chi connectivity index (χ4n) is 1.28. The average Bonchev–Trinajstić information content (AvgIpc) is 2.18. The number of aliphatic hydroxyl groups excluding tert-OH is 1. The maximum Gasteiger partial charge on any atom is 0.387 e. The van der Waals surface area contributed by atoms with E-state index in [4.69, 9.17) is 10.8 Å². The van der Waals surface area contributed by atoms with Gasteiger partial charge in [0.05, 0.1) is 0 Å². The van der Waals surface area contributed by atoms with Gasteiger partial charge in [-0.3, -0.25) is 0 Å². The molecule has 0 spiro atoms. The smallest absolute Gasteiger partial charge is 0.387 e. The molecule has 0 aliphatic carbocycles. The van der Waals surface area contributed by atoms with Crippen molar-refractivity contribution in [2.45, 2.75) is 19.1 Å². The number of halogens is 3. The van der Waals surface area contributed by atoms with Crippen LogP contribution in [0.4, 0.5) is 8.78 Å². The molecule has 0 aliphatic heterocycles. The predicted molar refractivity (Wildman–Crippen MR) is 59.0 cm³/mol. The molecule has 1 aromatic rings. The third kappa shape index (κ3) is 4.30. The summed E-state index contributed by atoms with van der Waals surface area (Å²) < 4.78 is 28.4. The highest BCUT2D eigenvalue weighted by Crippen LogP contribution is 2.26. The Bertz CT molecular complexity index is 313. The molecule has 0 unspecified atom stereocenters. The molecule has 1 aromatic carbocycles. The van der Waals surface area contributed by atoms with Gasteiger partial charge in [0, 0.05) is 18.2 Å². The van der Waals surface area contributed by atoms with E-state index in [1.807, 2.05) is 0 Å². The van der Waals surface area contributed by atoms with Crippen LogP contribution in [0.2, 0.25) is 0 Å². The second-order valence-corrected chi connectivity index (χ2v) is 3.04. The SMILES string of the molecule is Cl.N[C@@H](CCO)c1ccccc1OC(F)F. The Labute approximate surface area is 98.6 Å². The molecule has 3 nitrogen and oxygen atoms in total. The van der Waals surface area contributed by atoms with Gasteiger partial charge in [0.2, 0.25) is 0 Å². The summed E-state index contributed by atoms with van der Waals surface area (Å²) in [5, 5.41) is 8.70. The molecule has 92 valence electrons. The Morgan fingerprint density at radius 3 is 2.50 bits per heavy atom. The summed E-state index contributed by atoms with van der Waals surface area (Å²) in [4.78, 5) is 0. The summed E-state index contributed by atoms with van der Waals surface area (Å²) in [7, 11) is 0. The molecule has 16 heavy (non-hydrogen) atoms. The molecule has 1 rings (SSSR count). The highest BCUT2D eigenvalue weighted by molar-refractivity contribution is 5.85. The second-order valence-electron chi connectivity index (χ2n) is 3.04. The summed E-state index contributed by atoms with van der Waals surface area (Å²) in [6.45, 7) is -2.96. The molecule has 3 N–H and O–H groups in total. The molecule has 0 saturated heterocycles. The summed E-state index contributed by atoms with van der Waals surface area (Å²) in [5.41, 5.74) is 6.18. The van der Waals surface area contributed by atoms with Crippen LogP contribution < -0.4 is 10.5 Å². The molecule has 0 aliphatic rings. The van der Waals surface area contributed by atoms with E-state index in [1.54, 1.807) is 18.2 Å². The van der Waals surface area contributed by atoms with Crippen molar-refractivity contribution in [2.75, 3.05) is 6.61 Å². The highest BCUT2D eigenvalue weighted by atomic mass is 35.5. The van der Waals surface area contributed by atoms with Gasteiger partial charge in [-0.1, -0.05) is 18.2 Å². The molecule has 6 heteroatoms. The molecule has 0 amide bonds. The van der Waals surface area contributed by atoms with Gasteiger partial charge in [-0.05, 0) is 12.5 Å². The second kappa shape index (κ2) is 7.38. The lowest BCUT2D eigenvalue weighted by Crippen LogP contribution is -2.14. The van der Waals surface area contributed by atoms with Crippen LogP contribution in [0.15, 0.2) is 24.3 Å². The molecule has 0 heterocycles. The van der Waals surface area contributed by atoms with Crippen molar-refractivity contribution < 1.29 is 18.6 Å². The molecule has 0 bridgehead atoms. The van der Waals surface area contributed by atoms with Crippen molar-refractivity contribution in [3.63, 3.8) is 0 Å². The van der Waals surface area contributed by atoms with Gasteiger partial charge in [-0.2, -0.15) is 8.78 Å². The van der Waals surface area contributed by atoms with Crippen LogP contribution in [0.1, 0.15) is 18.0 Å². The first-order chi connectivity index (χ1) is 7.15. The zero-order valence-corrected chi connectivity index (χ0v) is 9.29. The number of aliphatic hydroxyl groups is 1. The van der Waals surface area contributed by atoms with Crippen LogP contribution in [0.25, 0.3) is 0 Å². The predicted octanol–water partition coefficient (Wildman–Crippen LogP) is 2.09. The zero-order valence-electron chi connectivity index (χ0n) is 8.48. The minimum Gasteiger partial charge on any atom is -0.434 e. The van der Waals surface area contributed by atoms with Crippen LogP contribution in [0, 0.1) is 0 Å². The third-order valence-corrected chi connectivity index (χ3v) is 1.97. The number of benzene rings is 1. The maximum absolute atomic E-state index is 12.0. The number of alkyl halides is 2. The fourth-order valence-corrected chi connectivity index (χ4v) is 1.28. The number of nitrogens with two attached hydrogens (primary N) is 1. The Morgan fingerprint density at radius 2 is 1.94 bits per heavy atom. The molecule has 1 atom stereocenters. The Morgan fingerprint density at radius 1 is 1.31 bits per heavy atom. The normalized spacial score (nSPS) is 12.1. The van der Waals surface area contributed by atoms with Gasteiger partial charge in [-0.15, -0.1) is 12.4 Å². The van der Waals surface area contributed by atoms with E-state index in [0.29, 0.717) is 12.0 Å². The van der Waals surface area contributed by atoms with Crippen molar-refractivity contribution in [1.82, 2.24) is 0 Å². The third-order valence-electron chi connectivity index (χ3n) is 1.97.